The smallest absolute Gasteiger partial charge is 0.410 e. The van der Waals surface area contributed by atoms with E-state index in [9.17, 15) is 14.4 Å². The van der Waals surface area contributed by atoms with Crippen LogP contribution in [0.5, 0.6) is 5.75 Å². The molecular weight excluding hydrogens is 446 g/mol. The zero-order chi connectivity index (χ0) is 25.1. The predicted molar refractivity (Wildman–Crippen MR) is 129 cm³/mol. The van der Waals surface area contributed by atoms with Gasteiger partial charge in [-0.2, -0.15) is 0 Å². The van der Waals surface area contributed by atoms with Gasteiger partial charge in [-0.1, -0.05) is 13.0 Å². The summed E-state index contributed by atoms with van der Waals surface area (Å²) in [6.45, 7) is 8.62. The lowest BCUT2D eigenvalue weighted by Gasteiger charge is -2.49. The third-order valence-corrected chi connectivity index (χ3v) is 8.45. The van der Waals surface area contributed by atoms with E-state index in [2.05, 4.69) is 0 Å². The Morgan fingerprint density at radius 1 is 1.11 bits per heavy atom. The molecule has 5 rings (SSSR count). The number of carbonyl (C=O) groups excluding carboxylic acids is 3. The molecule has 7 heteroatoms. The van der Waals surface area contributed by atoms with Crippen LogP contribution in [0.3, 0.4) is 0 Å². The minimum atomic E-state index is -0.579. The van der Waals surface area contributed by atoms with Gasteiger partial charge in [0.05, 0.1) is 25.0 Å². The van der Waals surface area contributed by atoms with Gasteiger partial charge in [0, 0.05) is 24.9 Å². The Morgan fingerprint density at radius 3 is 2.34 bits per heavy atom. The van der Waals surface area contributed by atoms with Crippen molar-refractivity contribution in [3.8, 4) is 5.75 Å². The standard InChI is InChI=1S/C28H37NO6/c1-16(25(31)33-5)24(17-6-7-17)18-8-11-21-22(30)13-28(34-23(21)12-18)19-9-10-20(28)15-29(14-19)26(32)35-27(2,3)4/h8,11-12,16-17,19-20,24H,6-7,9-10,13-15H2,1-5H3/t16-,19-,20+,24-,28?/m0/s1. The first kappa shape index (κ1) is 24.1. The number of hydrogen-bond acceptors (Lipinski definition) is 6. The molecule has 5 atom stereocenters. The number of ether oxygens (including phenoxy) is 3. The molecule has 2 bridgehead atoms. The summed E-state index contributed by atoms with van der Waals surface area (Å²) >= 11 is 0. The van der Waals surface area contributed by atoms with E-state index in [1.165, 1.54) is 7.11 Å². The second kappa shape index (κ2) is 8.52. The monoisotopic (exact) mass is 483 g/mol. The summed E-state index contributed by atoms with van der Waals surface area (Å²) in [7, 11) is 1.43. The molecule has 4 aliphatic rings. The predicted octanol–water partition coefficient (Wildman–Crippen LogP) is 4.97. The number of fused-ring (bicyclic) bond motifs is 1. The molecular formula is C28H37NO6. The average molecular weight is 484 g/mol. The number of ketones is 1. The van der Waals surface area contributed by atoms with E-state index in [1.54, 1.807) is 4.90 Å². The van der Waals surface area contributed by atoms with Gasteiger partial charge in [-0.25, -0.2) is 4.79 Å². The summed E-state index contributed by atoms with van der Waals surface area (Å²) in [6, 6.07) is 5.85. The molecule has 0 N–H and O–H groups in total. The maximum Gasteiger partial charge on any atom is 0.410 e. The van der Waals surface area contributed by atoms with Gasteiger partial charge in [0.25, 0.3) is 0 Å². The Kier molecular flexibility index (Phi) is 5.88. The summed E-state index contributed by atoms with van der Waals surface area (Å²) in [5.41, 5.74) is 0.530. The Hall–Kier alpha value is -2.57. The molecule has 1 saturated heterocycles. The lowest BCUT2D eigenvalue weighted by Crippen LogP contribution is -2.60. The van der Waals surface area contributed by atoms with Crippen LogP contribution < -0.4 is 4.74 Å². The molecule has 2 heterocycles. The van der Waals surface area contributed by atoms with Gasteiger partial charge in [0.2, 0.25) is 0 Å². The fourth-order valence-electron chi connectivity index (χ4n) is 6.66. The molecule has 1 spiro atoms. The molecule has 2 aliphatic heterocycles. The molecule has 7 nitrogen and oxygen atoms in total. The van der Waals surface area contributed by atoms with Crippen molar-refractivity contribution in [3.63, 3.8) is 0 Å². The first-order valence-electron chi connectivity index (χ1n) is 12.9. The summed E-state index contributed by atoms with van der Waals surface area (Å²) in [4.78, 5) is 40.2. The van der Waals surface area contributed by atoms with E-state index in [0.29, 0.717) is 36.7 Å². The Labute approximate surface area is 207 Å². The molecule has 190 valence electrons. The minimum absolute atomic E-state index is 0.0510. The number of Topliss-reactive ketones (excluding diaryl/α,β-unsaturated/α-hetero) is 1. The lowest BCUT2D eigenvalue weighted by molar-refractivity contribution is -0.145. The van der Waals surface area contributed by atoms with Crippen molar-refractivity contribution in [1.29, 1.82) is 0 Å². The van der Waals surface area contributed by atoms with E-state index in [0.717, 1.165) is 31.2 Å². The zero-order valence-electron chi connectivity index (χ0n) is 21.5. The number of piperidine rings is 1. The number of rotatable bonds is 4. The van der Waals surface area contributed by atoms with Crippen molar-refractivity contribution in [2.75, 3.05) is 20.2 Å². The SMILES string of the molecule is COC(=O)[C@@H](C)[C@H](c1ccc2c(c1)OC1(CC2=O)[C@@H]2CC[C@H]1CN(C(=O)OC(C)(C)C)C2)C1CC1. The lowest BCUT2D eigenvalue weighted by atomic mass is 9.74. The molecule has 0 radical (unpaired) electrons. The quantitative estimate of drug-likeness (QED) is 0.563. The highest BCUT2D eigenvalue weighted by Gasteiger charge is 2.59. The molecule has 1 amide bonds. The highest BCUT2D eigenvalue weighted by molar-refractivity contribution is 6.00. The number of esters is 1. The van der Waals surface area contributed by atoms with Crippen LogP contribution in [0.1, 0.15) is 81.6 Å². The summed E-state index contributed by atoms with van der Waals surface area (Å²) in [6.07, 6.45) is 4.10. The third kappa shape index (κ3) is 4.31. The first-order valence-corrected chi connectivity index (χ1v) is 12.9. The summed E-state index contributed by atoms with van der Waals surface area (Å²) in [5, 5.41) is 0. The fraction of sp³-hybridized carbons (Fsp3) is 0.679. The molecule has 3 fully saturated rings. The Morgan fingerprint density at radius 2 is 1.77 bits per heavy atom. The van der Waals surface area contributed by atoms with E-state index in [1.807, 2.05) is 45.9 Å². The van der Waals surface area contributed by atoms with Gasteiger partial charge in [-0.3, -0.25) is 9.59 Å². The second-order valence-electron chi connectivity index (χ2n) is 11.9. The molecule has 0 aromatic heterocycles. The normalized spacial score (nSPS) is 29.3. The highest BCUT2D eigenvalue weighted by atomic mass is 16.6. The van der Waals surface area contributed by atoms with Gasteiger partial charge in [-0.15, -0.1) is 0 Å². The number of benzene rings is 1. The third-order valence-electron chi connectivity index (χ3n) is 8.45. The number of amides is 1. The van der Waals surface area contributed by atoms with Crippen molar-refractivity contribution in [3.05, 3.63) is 29.3 Å². The van der Waals surface area contributed by atoms with Gasteiger partial charge < -0.3 is 19.1 Å². The number of likely N-dealkylation sites (tertiary alicyclic amines) is 1. The minimum Gasteiger partial charge on any atom is -0.485 e. The van der Waals surface area contributed by atoms with Gasteiger partial charge in [0.1, 0.15) is 17.0 Å². The highest BCUT2D eigenvalue weighted by Crippen LogP contribution is 2.54. The van der Waals surface area contributed by atoms with Gasteiger partial charge >= 0.3 is 12.1 Å². The van der Waals surface area contributed by atoms with Crippen LogP contribution >= 0.6 is 0 Å². The summed E-state index contributed by atoms with van der Waals surface area (Å²) < 4.78 is 17.4. The molecule has 1 unspecified atom stereocenters. The number of nitrogens with zero attached hydrogens (tertiary/aromatic N) is 1. The maximum atomic E-state index is 13.3. The first-order chi connectivity index (χ1) is 16.5. The molecule has 1 aromatic carbocycles. The van der Waals surface area contributed by atoms with Crippen LogP contribution in [0.25, 0.3) is 0 Å². The van der Waals surface area contributed by atoms with Crippen molar-refractivity contribution in [2.45, 2.75) is 76.9 Å². The second-order valence-corrected chi connectivity index (χ2v) is 11.9. The maximum absolute atomic E-state index is 13.3. The van der Waals surface area contributed by atoms with E-state index in [-0.39, 0.29) is 41.5 Å². The Bertz CT molecular complexity index is 1020. The number of carbonyl (C=O) groups is 3. The molecule has 35 heavy (non-hydrogen) atoms. The zero-order valence-corrected chi connectivity index (χ0v) is 21.5. The molecule has 2 saturated carbocycles. The molecule has 1 aromatic rings. The largest absolute Gasteiger partial charge is 0.485 e. The van der Waals surface area contributed by atoms with E-state index >= 15 is 0 Å². The molecule has 2 aliphatic carbocycles. The number of methoxy groups -OCH3 is 1. The van der Waals surface area contributed by atoms with E-state index < -0.39 is 11.2 Å². The fourth-order valence-corrected chi connectivity index (χ4v) is 6.66. The van der Waals surface area contributed by atoms with Crippen LogP contribution in [0.2, 0.25) is 0 Å². The van der Waals surface area contributed by atoms with Crippen LogP contribution in [-0.4, -0.2) is 54.1 Å². The van der Waals surface area contributed by atoms with Gasteiger partial charge in [-0.05, 0) is 76.0 Å². The van der Waals surface area contributed by atoms with Crippen molar-refractivity contribution < 1.29 is 28.6 Å². The summed E-state index contributed by atoms with van der Waals surface area (Å²) in [5.74, 6) is 0.936. The van der Waals surface area contributed by atoms with Crippen LogP contribution in [0.15, 0.2) is 18.2 Å². The van der Waals surface area contributed by atoms with Crippen LogP contribution in [0.4, 0.5) is 4.79 Å². The number of hydrogen-bond donors (Lipinski definition) is 0. The van der Waals surface area contributed by atoms with Crippen LogP contribution in [-0.2, 0) is 14.3 Å². The topological polar surface area (TPSA) is 82.1 Å². The van der Waals surface area contributed by atoms with Gasteiger partial charge in [0.15, 0.2) is 5.78 Å². The van der Waals surface area contributed by atoms with E-state index in [4.69, 9.17) is 14.2 Å². The van der Waals surface area contributed by atoms with Crippen molar-refractivity contribution in [2.24, 2.45) is 23.7 Å². The van der Waals surface area contributed by atoms with Crippen LogP contribution in [0, 0.1) is 23.7 Å². The van der Waals surface area contributed by atoms with Crippen molar-refractivity contribution in [1.82, 2.24) is 4.90 Å². The van der Waals surface area contributed by atoms with Crippen molar-refractivity contribution >= 4 is 17.8 Å². The Balaban J connectivity index is 1.41. The average Bonchev–Trinajstić information content (AvgIpc) is 3.60.